The number of nitrogens with zero attached hydrogens (tertiary/aromatic N) is 6. The van der Waals surface area contributed by atoms with Crippen molar-refractivity contribution in [2.45, 2.75) is 6.92 Å². The number of piperazine rings is 1. The molecule has 0 saturated carbocycles. The first-order chi connectivity index (χ1) is 15.2. The number of aryl methyl sites for hydroxylation is 1. The van der Waals surface area contributed by atoms with Gasteiger partial charge in [0.1, 0.15) is 23.6 Å². The van der Waals surface area contributed by atoms with Gasteiger partial charge in [-0.05, 0) is 43.3 Å². The zero-order valence-corrected chi connectivity index (χ0v) is 17.2. The average molecular weight is 414 g/mol. The molecule has 0 atom stereocenters. The van der Waals surface area contributed by atoms with Crippen LogP contribution in [-0.4, -0.2) is 56.6 Å². The van der Waals surface area contributed by atoms with Gasteiger partial charge in [0.2, 0.25) is 0 Å². The highest BCUT2D eigenvalue weighted by Crippen LogP contribution is 2.22. The van der Waals surface area contributed by atoms with Crippen LogP contribution in [0.2, 0.25) is 0 Å². The number of anilines is 1. The highest BCUT2D eigenvalue weighted by atomic mass is 16.5. The minimum absolute atomic E-state index is 0.0303. The van der Waals surface area contributed by atoms with Crippen molar-refractivity contribution in [3.05, 3.63) is 78.2 Å². The number of carbonyl (C=O) groups excluding carboxylic acids is 1. The largest absolute Gasteiger partial charge is 0.457 e. The van der Waals surface area contributed by atoms with Gasteiger partial charge >= 0.3 is 0 Å². The van der Waals surface area contributed by atoms with Crippen molar-refractivity contribution in [2.24, 2.45) is 0 Å². The molecule has 3 heterocycles. The fourth-order valence-electron chi connectivity index (χ4n) is 3.75. The number of hydrogen-bond donors (Lipinski definition) is 0. The van der Waals surface area contributed by atoms with Crippen LogP contribution in [0, 0.1) is 6.92 Å². The van der Waals surface area contributed by atoms with E-state index in [4.69, 9.17) is 4.74 Å². The van der Waals surface area contributed by atoms with Gasteiger partial charge in [0, 0.05) is 43.5 Å². The summed E-state index contributed by atoms with van der Waals surface area (Å²) in [6.07, 6.45) is 1.51. The minimum atomic E-state index is 0.0303. The SMILES string of the molecule is Cc1cc(N2CCN(C(=O)c3ccc(Oc4ccccc4)cc3)CC2)n2ncnc2n1. The van der Waals surface area contributed by atoms with Gasteiger partial charge < -0.3 is 14.5 Å². The number of ether oxygens (including phenoxy) is 1. The van der Waals surface area contributed by atoms with Crippen LogP contribution in [0.3, 0.4) is 0 Å². The number of para-hydroxylation sites is 1. The molecule has 31 heavy (non-hydrogen) atoms. The monoisotopic (exact) mass is 414 g/mol. The molecule has 2 aromatic heterocycles. The maximum absolute atomic E-state index is 13.0. The van der Waals surface area contributed by atoms with Crippen molar-refractivity contribution >= 4 is 17.5 Å². The Balaban J connectivity index is 1.24. The first-order valence-electron chi connectivity index (χ1n) is 10.2. The smallest absolute Gasteiger partial charge is 0.254 e. The van der Waals surface area contributed by atoms with E-state index >= 15 is 0 Å². The molecule has 0 aliphatic carbocycles. The summed E-state index contributed by atoms with van der Waals surface area (Å²) in [5.41, 5.74) is 1.55. The lowest BCUT2D eigenvalue weighted by Gasteiger charge is -2.36. The van der Waals surface area contributed by atoms with Gasteiger partial charge in [0.25, 0.3) is 11.7 Å². The molecule has 1 fully saturated rings. The number of amides is 1. The summed E-state index contributed by atoms with van der Waals surface area (Å²) >= 11 is 0. The Kier molecular flexibility index (Phi) is 4.95. The predicted molar refractivity (Wildman–Crippen MR) is 117 cm³/mol. The van der Waals surface area contributed by atoms with E-state index in [-0.39, 0.29) is 5.91 Å². The van der Waals surface area contributed by atoms with Crippen molar-refractivity contribution in [1.82, 2.24) is 24.5 Å². The van der Waals surface area contributed by atoms with Crippen molar-refractivity contribution in [3.63, 3.8) is 0 Å². The topological polar surface area (TPSA) is 75.9 Å². The van der Waals surface area contributed by atoms with Crippen LogP contribution >= 0.6 is 0 Å². The summed E-state index contributed by atoms with van der Waals surface area (Å²) in [6, 6.07) is 18.9. The molecule has 1 saturated heterocycles. The molecular weight excluding hydrogens is 392 g/mol. The van der Waals surface area contributed by atoms with Crippen molar-refractivity contribution in [1.29, 1.82) is 0 Å². The molecule has 8 heteroatoms. The van der Waals surface area contributed by atoms with E-state index in [1.54, 1.807) is 4.52 Å². The Hall–Kier alpha value is -3.94. The Morgan fingerprint density at radius 1 is 0.935 bits per heavy atom. The summed E-state index contributed by atoms with van der Waals surface area (Å²) < 4.78 is 7.56. The zero-order chi connectivity index (χ0) is 21.2. The number of aromatic nitrogens is 4. The van der Waals surface area contributed by atoms with Crippen LogP contribution in [0.25, 0.3) is 5.78 Å². The van der Waals surface area contributed by atoms with Crippen LogP contribution in [0.1, 0.15) is 16.1 Å². The van der Waals surface area contributed by atoms with E-state index in [1.807, 2.05) is 72.5 Å². The molecule has 156 valence electrons. The van der Waals surface area contributed by atoms with Gasteiger partial charge in [-0.2, -0.15) is 14.6 Å². The quantitative estimate of drug-likeness (QED) is 0.511. The standard InChI is InChI=1S/C23H22N6O2/c1-17-15-21(29-23(26-17)24-16-25-29)27-11-13-28(14-12-27)22(30)18-7-9-20(10-8-18)31-19-5-3-2-4-6-19/h2-10,15-16H,11-14H2,1H3. The second kappa shape index (κ2) is 8.06. The first-order valence-corrected chi connectivity index (χ1v) is 10.2. The molecule has 1 amide bonds. The summed E-state index contributed by atoms with van der Waals surface area (Å²) in [6.45, 7) is 4.67. The lowest BCUT2D eigenvalue weighted by Crippen LogP contribution is -2.49. The Bertz CT molecular complexity index is 1200. The maximum atomic E-state index is 13.0. The van der Waals surface area contributed by atoms with Gasteiger partial charge in [-0.1, -0.05) is 18.2 Å². The van der Waals surface area contributed by atoms with E-state index in [0.717, 1.165) is 30.4 Å². The highest BCUT2D eigenvalue weighted by molar-refractivity contribution is 5.94. The second-order valence-electron chi connectivity index (χ2n) is 7.45. The van der Waals surface area contributed by atoms with Crippen LogP contribution in [0.4, 0.5) is 5.82 Å². The number of benzene rings is 2. The van der Waals surface area contributed by atoms with Crippen molar-refractivity contribution in [2.75, 3.05) is 31.1 Å². The van der Waals surface area contributed by atoms with E-state index < -0.39 is 0 Å². The minimum Gasteiger partial charge on any atom is -0.457 e. The molecule has 0 unspecified atom stereocenters. The Labute approximate surface area is 179 Å². The predicted octanol–water partition coefficient (Wildman–Crippen LogP) is 3.19. The third-order valence-electron chi connectivity index (χ3n) is 5.33. The molecular formula is C23H22N6O2. The number of carbonyl (C=O) groups is 1. The molecule has 5 rings (SSSR count). The Morgan fingerprint density at radius 2 is 1.65 bits per heavy atom. The number of rotatable bonds is 4. The molecule has 1 aliphatic heterocycles. The van der Waals surface area contributed by atoms with Gasteiger partial charge in [0.05, 0.1) is 0 Å². The average Bonchev–Trinajstić information content (AvgIpc) is 3.28. The van der Waals surface area contributed by atoms with Gasteiger partial charge in [-0.25, -0.2) is 4.98 Å². The summed E-state index contributed by atoms with van der Waals surface area (Å²) in [7, 11) is 0. The van der Waals surface area contributed by atoms with Crippen LogP contribution in [0.15, 0.2) is 67.0 Å². The van der Waals surface area contributed by atoms with Crippen LogP contribution in [-0.2, 0) is 0 Å². The second-order valence-corrected chi connectivity index (χ2v) is 7.45. The molecule has 0 N–H and O–H groups in total. The molecule has 0 bridgehead atoms. The highest BCUT2D eigenvalue weighted by Gasteiger charge is 2.24. The molecule has 8 nitrogen and oxygen atoms in total. The van der Waals surface area contributed by atoms with Crippen molar-refractivity contribution in [3.8, 4) is 11.5 Å². The molecule has 0 radical (unpaired) electrons. The van der Waals surface area contributed by atoms with E-state index in [1.165, 1.54) is 6.33 Å². The molecule has 0 spiro atoms. The summed E-state index contributed by atoms with van der Waals surface area (Å²) in [5.74, 6) is 3.05. The van der Waals surface area contributed by atoms with E-state index in [9.17, 15) is 4.79 Å². The summed E-state index contributed by atoms with van der Waals surface area (Å²) in [5, 5.41) is 4.28. The van der Waals surface area contributed by atoms with Crippen LogP contribution in [0.5, 0.6) is 11.5 Å². The molecule has 4 aromatic rings. The zero-order valence-electron chi connectivity index (χ0n) is 17.2. The number of hydrogen-bond acceptors (Lipinski definition) is 6. The van der Waals surface area contributed by atoms with Crippen molar-refractivity contribution < 1.29 is 9.53 Å². The van der Waals surface area contributed by atoms with Crippen LogP contribution < -0.4 is 9.64 Å². The first kappa shape index (κ1) is 19.0. The lowest BCUT2D eigenvalue weighted by atomic mass is 10.1. The van der Waals surface area contributed by atoms with Gasteiger partial charge in [-0.15, -0.1) is 0 Å². The summed E-state index contributed by atoms with van der Waals surface area (Å²) in [4.78, 5) is 25.7. The maximum Gasteiger partial charge on any atom is 0.254 e. The Morgan fingerprint density at radius 3 is 2.39 bits per heavy atom. The fourth-order valence-corrected chi connectivity index (χ4v) is 3.75. The third kappa shape index (κ3) is 3.92. The number of fused-ring (bicyclic) bond motifs is 1. The molecule has 2 aromatic carbocycles. The van der Waals surface area contributed by atoms with Gasteiger partial charge in [-0.3, -0.25) is 4.79 Å². The third-order valence-corrected chi connectivity index (χ3v) is 5.33. The van der Waals surface area contributed by atoms with E-state index in [2.05, 4.69) is 20.0 Å². The fraction of sp³-hybridized carbons (Fsp3) is 0.217. The normalized spacial score (nSPS) is 14.1. The lowest BCUT2D eigenvalue weighted by molar-refractivity contribution is 0.0746. The molecule has 1 aliphatic rings. The van der Waals surface area contributed by atoms with Gasteiger partial charge in [0.15, 0.2) is 0 Å². The van der Waals surface area contributed by atoms with E-state index in [0.29, 0.717) is 30.2 Å².